The number of hydrogen-bond acceptors (Lipinski definition) is 3. The van der Waals surface area contributed by atoms with Crippen molar-refractivity contribution >= 4 is 16.5 Å². The van der Waals surface area contributed by atoms with Gasteiger partial charge in [-0.05, 0) is 30.7 Å². The highest BCUT2D eigenvalue weighted by Gasteiger charge is 2.09. The normalized spacial score (nSPS) is 12.6. The molecular formula is C12H15N3OS. The fraction of sp³-hybridized carbons (Fsp3) is 0.250. The number of aryl methyl sites for hydroxylation is 2. The van der Waals surface area contributed by atoms with E-state index >= 15 is 0 Å². The first-order chi connectivity index (χ1) is 8.06. The summed E-state index contributed by atoms with van der Waals surface area (Å²) in [6.45, 7) is 1.92. The van der Waals surface area contributed by atoms with Crippen molar-refractivity contribution < 1.29 is 4.21 Å². The monoisotopic (exact) mass is 249 g/mol. The molecule has 2 rings (SSSR count). The number of aromatic nitrogens is 2. The van der Waals surface area contributed by atoms with E-state index in [-0.39, 0.29) is 0 Å². The number of anilines is 1. The van der Waals surface area contributed by atoms with Crippen LogP contribution in [0.15, 0.2) is 35.5 Å². The van der Waals surface area contributed by atoms with Gasteiger partial charge in [0.05, 0.1) is 22.7 Å². The van der Waals surface area contributed by atoms with Crippen molar-refractivity contribution in [2.24, 2.45) is 7.05 Å². The average Bonchev–Trinajstić information content (AvgIpc) is 2.63. The fourth-order valence-electron chi connectivity index (χ4n) is 1.70. The van der Waals surface area contributed by atoms with Gasteiger partial charge in [0.2, 0.25) is 0 Å². The first kappa shape index (κ1) is 11.9. The highest BCUT2D eigenvalue weighted by atomic mass is 32.2. The van der Waals surface area contributed by atoms with Gasteiger partial charge in [0.15, 0.2) is 0 Å². The minimum Gasteiger partial charge on any atom is -0.399 e. The van der Waals surface area contributed by atoms with Crippen LogP contribution in [-0.2, 0) is 23.6 Å². The second-order valence-corrected chi connectivity index (χ2v) is 5.46. The smallest absolute Gasteiger partial charge is 0.0578 e. The molecule has 1 unspecified atom stereocenters. The Morgan fingerprint density at radius 1 is 1.47 bits per heavy atom. The van der Waals surface area contributed by atoms with Crippen LogP contribution < -0.4 is 5.73 Å². The molecule has 1 aromatic carbocycles. The molecule has 0 bridgehead atoms. The molecule has 1 atom stereocenters. The molecule has 5 heteroatoms. The predicted molar refractivity (Wildman–Crippen MR) is 68.9 cm³/mol. The van der Waals surface area contributed by atoms with Gasteiger partial charge in [0, 0.05) is 29.4 Å². The highest BCUT2D eigenvalue weighted by Crippen LogP contribution is 2.18. The van der Waals surface area contributed by atoms with Gasteiger partial charge < -0.3 is 5.73 Å². The minimum atomic E-state index is -1.05. The summed E-state index contributed by atoms with van der Waals surface area (Å²) in [5.74, 6) is 0.485. The number of nitrogens with zero attached hydrogens (tertiary/aromatic N) is 2. The highest BCUT2D eigenvalue weighted by molar-refractivity contribution is 7.84. The molecule has 0 amide bonds. The van der Waals surface area contributed by atoms with Crippen LogP contribution >= 0.6 is 0 Å². The van der Waals surface area contributed by atoms with Crippen molar-refractivity contribution in [1.82, 2.24) is 9.78 Å². The van der Waals surface area contributed by atoms with Gasteiger partial charge >= 0.3 is 0 Å². The van der Waals surface area contributed by atoms with E-state index in [0.717, 1.165) is 16.0 Å². The summed E-state index contributed by atoms with van der Waals surface area (Å²) < 4.78 is 13.9. The molecular weight excluding hydrogens is 234 g/mol. The Hall–Kier alpha value is -1.62. The number of benzene rings is 1. The number of nitrogen functional groups attached to an aromatic ring is 1. The largest absolute Gasteiger partial charge is 0.399 e. The second kappa shape index (κ2) is 4.71. The van der Waals surface area contributed by atoms with Crippen LogP contribution in [0.4, 0.5) is 5.69 Å². The number of hydrogen-bond donors (Lipinski definition) is 1. The Morgan fingerprint density at radius 2 is 2.24 bits per heavy atom. The Morgan fingerprint density at radius 3 is 2.82 bits per heavy atom. The van der Waals surface area contributed by atoms with E-state index in [9.17, 15) is 4.21 Å². The van der Waals surface area contributed by atoms with Crippen LogP contribution in [0.5, 0.6) is 0 Å². The first-order valence-corrected chi connectivity index (χ1v) is 6.60. The van der Waals surface area contributed by atoms with Crippen molar-refractivity contribution in [2.75, 3.05) is 5.73 Å². The second-order valence-electron chi connectivity index (χ2n) is 4.04. The van der Waals surface area contributed by atoms with Gasteiger partial charge in [-0.2, -0.15) is 5.10 Å². The summed E-state index contributed by atoms with van der Waals surface area (Å²) in [5.41, 5.74) is 8.31. The van der Waals surface area contributed by atoms with E-state index in [1.54, 1.807) is 16.9 Å². The molecule has 2 N–H and O–H groups in total. The molecule has 0 aliphatic rings. The van der Waals surface area contributed by atoms with Crippen molar-refractivity contribution in [3.63, 3.8) is 0 Å². The van der Waals surface area contributed by atoms with Gasteiger partial charge in [-0.3, -0.25) is 8.89 Å². The molecule has 17 heavy (non-hydrogen) atoms. The topological polar surface area (TPSA) is 60.9 Å². The van der Waals surface area contributed by atoms with Crippen LogP contribution in [-0.4, -0.2) is 14.0 Å². The fourth-order valence-corrected chi connectivity index (χ4v) is 2.95. The molecule has 0 spiro atoms. The number of nitrogens with two attached hydrogens (primary N) is 1. The molecule has 0 aliphatic carbocycles. The quantitative estimate of drug-likeness (QED) is 0.841. The lowest BCUT2D eigenvalue weighted by Gasteiger charge is -2.05. The Kier molecular flexibility index (Phi) is 3.28. The van der Waals surface area contributed by atoms with Gasteiger partial charge in [0.25, 0.3) is 0 Å². The number of rotatable bonds is 3. The minimum absolute atomic E-state index is 0.485. The lowest BCUT2D eigenvalue weighted by Crippen LogP contribution is -1.99. The van der Waals surface area contributed by atoms with Gasteiger partial charge in [0.1, 0.15) is 0 Å². The van der Waals surface area contributed by atoms with Crippen LogP contribution in [0.3, 0.4) is 0 Å². The summed E-state index contributed by atoms with van der Waals surface area (Å²) in [4.78, 5) is 0.836. The summed E-state index contributed by atoms with van der Waals surface area (Å²) in [6, 6.07) is 5.46. The SMILES string of the molecule is Cc1cc(N)ccc1S(=O)Cc1cnn(C)c1. The molecule has 1 heterocycles. The Bertz CT molecular complexity index is 563. The van der Waals surface area contributed by atoms with Crippen molar-refractivity contribution in [3.05, 3.63) is 41.7 Å². The maximum absolute atomic E-state index is 12.2. The average molecular weight is 249 g/mol. The third-order valence-corrected chi connectivity index (χ3v) is 4.04. The summed E-state index contributed by atoms with van der Waals surface area (Å²) in [7, 11) is 0.798. The predicted octanol–water partition coefficient (Wildman–Crippen LogP) is 1.62. The van der Waals surface area contributed by atoms with Gasteiger partial charge in [-0.1, -0.05) is 0 Å². The van der Waals surface area contributed by atoms with Crippen LogP contribution in [0.1, 0.15) is 11.1 Å². The zero-order valence-corrected chi connectivity index (χ0v) is 10.7. The van der Waals surface area contributed by atoms with E-state index in [1.165, 1.54) is 0 Å². The summed E-state index contributed by atoms with van der Waals surface area (Å²) in [6.07, 6.45) is 3.62. The lowest BCUT2D eigenvalue weighted by molar-refractivity contribution is 0.682. The van der Waals surface area contributed by atoms with E-state index in [2.05, 4.69) is 5.10 Å². The first-order valence-electron chi connectivity index (χ1n) is 5.28. The molecule has 90 valence electrons. The van der Waals surface area contributed by atoms with E-state index < -0.39 is 10.8 Å². The molecule has 2 aromatic rings. The van der Waals surface area contributed by atoms with Gasteiger partial charge in [-0.25, -0.2) is 0 Å². The summed E-state index contributed by atoms with van der Waals surface area (Å²) in [5, 5.41) is 4.06. The van der Waals surface area contributed by atoms with Crippen molar-refractivity contribution in [1.29, 1.82) is 0 Å². The Labute approximate surface area is 103 Å². The summed E-state index contributed by atoms with van der Waals surface area (Å²) >= 11 is 0. The molecule has 0 saturated heterocycles. The molecule has 1 aromatic heterocycles. The molecule has 4 nitrogen and oxygen atoms in total. The van der Waals surface area contributed by atoms with Crippen LogP contribution in [0.2, 0.25) is 0 Å². The van der Waals surface area contributed by atoms with Gasteiger partial charge in [-0.15, -0.1) is 0 Å². The van der Waals surface area contributed by atoms with Crippen molar-refractivity contribution in [2.45, 2.75) is 17.6 Å². The van der Waals surface area contributed by atoms with Crippen LogP contribution in [0, 0.1) is 6.92 Å². The van der Waals surface area contributed by atoms with Crippen LogP contribution in [0.25, 0.3) is 0 Å². The zero-order valence-electron chi connectivity index (χ0n) is 9.88. The molecule has 0 aliphatic heterocycles. The maximum atomic E-state index is 12.2. The molecule has 0 radical (unpaired) electrons. The third kappa shape index (κ3) is 2.74. The maximum Gasteiger partial charge on any atom is 0.0578 e. The van der Waals surface area contributed by atoms with Crippen molar-refractivity contribution in [3.8, 4) is 0 Å². The molecule has 0 saturated carbocycles. The zero-order chi connectivity index (χ0) is 12.4. The standard InChI is InChI=1S/C12H15N3OS/c1-9-5-11(13)3-4-12(9)17(16)8-10-6-14-15(2)7-10/h3-7H,8,13H2,1-2H3. The van der Waals surface area contributed by atoms with E-state index in [0.29, 0.717) is 11.4 Å². The lowest BCUT2D eigenvalue weighted by atomic mass is 10.2. The molecule has 0 fully saturated rings. The van der Waals surface area contributed by atoms with E-state index in [4.69, 9.17) is 5.73 Å². The van der Waals surface area contributed by atoms with E-state index in [1.807, 2.05) is 32.3 Å². The third-order valence-electron chi connectivity index (χ3n) is 2.50. The Balaban J connectivity index is 2.20.